The number of nitrogens with zero attached hydrogens (tertiary/aromatic N) is 1. The molecule has 10 heavy (non-hydrogen) atoms. The van der Waals surface area contributed by atoms with E-state index in [2.05, 4.69) is 4.98 Å². The molecule has 0 fully saturated rings. The minimum atomic E-state index is -0.00116. The van der Waals surface area contributed by atoms with Crippen molar-refractivity contribution >= 4 is 5.65 Å². The van der Waals surface area contributed by atoms with Crippen LogP contribution < -0.4 is 5.56 Å². The zero-order valence-corrected chi connectivity index (χ0v) is 5.24. The molecule has 2 rings (SSSR count). The van der Waals surface area contributed by atoms with E-state index in [1.54, 1.807) is 22.9 Å². The van der Waals surface area contributed by atoms with Crippen molar-refractivity contribution in [2.24, 2.45) is 0 Å². The van der Waals surface area contributed by atoms with Crippen molar-refractivity contribution in [3.63, 3.8) is 0 Å². The number of fused-ring (bicyclic) bond motifs is 1. The Morgan fingerprint density at radius 2 is 2.30 bits per heavy atom. The molecule has 0 spiro atoms. The molecule has 0 radical (unpaired) electrons. The van der Waals surface area contributed by atoms with Gasteiger partial charge in [0.2, 0.25) is 0 Å². The fourth-order valence-electron chi connectivity index (χ4n) is 0.969. The van der Waals surface area contributed by atoms with Crippen molar-refractivity contribution in [3.8, 4) is 0 Å². The zero-order valence-electron chi connectivity index (χ0n) is 5.24. The first-order valence-electron chi connectivity index (χ1n) is 3.03. The Morgan fingerprint density at radius 1 is 1.40 bits per heavy atom. The quantitative estimate of drug-likeness (QED) is 0.563. The molecule has 3 nitrogen and oxygen atoms in total. The van der Waals surface area contributed by atoms with Crippen LogP contribution in [0.1, 0.15) is 0 Å². The van der Waals surface area contributed by atoms with Gasteiger partial charge < -0.3 is 4.98 Å². The number of hydrogen-bond donors (Lipinski definition) is 1. The van der Waals surface area contributed by atoms with Gasteiger partial charge in [0.25, 0.3) is 5.56 Å². The fraction of sp³-hybridized carbons (Fsp3) is 0. The molecule has 0 atom stereocenters. The second-order valence-corrected chi connectivity index (χ2v) is 2.08. The van der Waals surface area contributed by atoms with Crippen LogP contribution in [0.25, 0.3) is 5.65 Å². The van der Waals surface area contributed by atoms with Crippen LogP contribution in [0.3, 0.4) is 0 Å². The average Bonchev–Trinajstić information content (AvgIpc) is 2.36. The summed E-state index contributed by atoms with van der Waals surface area (Å²) in [4.78, 5) is 13.9. The molecule has 0 aliphatic heterocycles. The molecule has 2 aromatic heterocycles. The molecule has 50 valence electrons. The Morgan fingerprint density at radius 3 is 3.10 bits per heavy atom. The van der Waals surface area contributed by atoms with Gasteiger partial charge in [0.1, 0.15) is 5.65 Å². The molecule has 0 amide bonds. The summed E-state index contributed by atoms with van der Waals surface area (Å²) >= 11 is 0. The molecule has 3 heteroatoms. The molecule has 0 bridgehead atoms. The van der Waals surface area contributed by atoms with Gasteiger partial charge in [0.05, 0.1) is 0 Å². The van der Waals surface area contributed by atoms with Gasteiger partial charge in [-0.2, -0.15) is 0 Å². The van der Waals surface area contributed by atoms with E-state index in [-0.39, 0.29) is 5.56 Å². The zero-order chi connectivity index (χ0) is 6.97. The SMILES string of the molecule is O=c1cccc2[nH]ccn12. The summed E-state index contributed by atoms with van der Waals surface area (Å²) in [5.41, 5.74) is 0.825. The normalized spacial score (nSPS) is 10.4. The van der Waals surface area contributed by atoms with Crippen LogP contribution >= 0.6 is 0 Å². The summed E-state index contributed by atoms with van der Waals surface area (Å²) in [5, 5.41) is 0. The van der Waals surface area contributed by atoms with Crippen LogP contribution in [0.5, 0.6) is 0 Å². The third-order valence-corrected chi connectivity index (χ3v) is 1.44. The van der Waals surface area contributed by atoms with E-state index >= 15 is 0 Å². The van der Waals surface area contributed by atoms with Crippen molar-refractivity contribution in [2.75, 3.05) is 0 Å². The Kier molecular flexibility index (Phi) is 0.917. The molecular formula is C7H6N2O. The lowest BCUT2D eigenvalue weighted by molar-refractivity contribution is 1.11. The molecule has 0 saturated carbocycles. The molecule has 0 aliphatic rings. The highest BCUT2D eigenvalue weighted by atomic mass is 16.1. The summed E-state index contributed by atoms with van der Waals surface area (Å²) in [7, 11) is 0. The van der Waals surface area contributed by atoms with E-state index in [0.29, 0.717) is 0 Å². The van der Waals surface area contributed by atoms with Crippen molar-refractivity contribution < 1.29 is 0 Å². The van der Waals surface area contributed by atoms with Crippen LogP contribution in [-0.4, -0.2) is 9.38 Å². The molecule has 0 unspecified atom stereocenters. The number of pyridine rings is 1. The molecule has 0 aliphatic carbocycles. The van der Waals surface area contributed by atoms with E-state index in [0.717, 1.165) is 5.65 Å². The molecule has 1 N–H and O–H groups in total. The number of hydrogen-bond acceptors (Lipinski definition) is 1. The van der Waals surface area contributed by atoms with Gasteiger partial charge in [-0.15, -0.1) is 0 Å². The maximum absolute atomic E-state index is 11.0. The lowest BCUT2D eigenvalue weighted by Gasteiger charge is -1.87. The second kappa shape index (κ2) is 1.73. The molecule has 0 saturated heterocycles. The largest absolute Gasteiger partial charge is 0.346 e. The predicted octanol–water partition coefficient (Wildman–Crippen LogP) is 0.628. The van der Waals surface area contributed by atoms with Crippen molar-refractivity contribution in [2.45, 2.75) is 0 Å². The first kappa shape index (κ1) is 5.29. The number of imidazole rings is 1. The van der Waals surface area contributed by atoms with Gasteiger partial charge in [-0.05, 0) is 6.07 Å². The third kappa shape index (κ3) is 0.572. The number of aromatic amines is 1. The van der Waals surface area contributed by atoms with E-state index in [1.807, 2.05) is 6.07 Å². The van der Waals surface area contributed by atoms with Crippen molar-refractivity contribution in [1.82, 2.24) is 9.38 Å². The Labute approximate surface area is 56.9 Å². The standard InChI is InChI=1S/C7H6N2O/c10-7-3-1-2-6-8-4-5-9(6)7/h1-5,8H. The summed E-state index contributed by atoms with van der Waals surface area (Å²) in [5.74, 6) is 0. The van der Waals surface area contributed by atoms with Crippen LogP contribution in [-0.2, 0) is 0 Å². The van der Waals surface area contributed by atoms with E-state index in [4.69, 9.17) is 0 Å². The van der Waals surface area contributed by atoms with Gasteiger partial charge in [0.15, 0.2) is 0 Å². The fourth-order valence-corrected chi connectivity index (χ4v) is 0.969. The maximum Gasteiger partial charge on any atom is 0.256 e. The lowest BCUT2D eigenvalue weighted by atomic mass is 10.5. The minimum absolute atomic E-state index is 0.00116. The highest BCUT2D eigenvalue weighted by Crippen LogP contribution is 1.92. The monoisotopic (exact) mass is 134 g/mol. The van der Waals surface area contributed by atoms with Crippen LogP contribution in [0.4, 0.5) is 0 Å². The van der Waals surface area contributed by atoms with E-state index < -0.39 is 0 Å². The van der Waals surface area contributed by atoms with Gasteiger partial charge in [-0.3, -0.25) is 9.20 Å². The number of aromatic nitrogens is 2. The summed E-state index contributed by atoms with van der Waals surface area (Å²) < 4.78 is 1.56. The minimum Gasteiger partial charge on any atom is -0.346 e. The Bertz CT molecular complexity index is 399. The van der Waals surface area contributed by atoms with Gasteiger partial charge in [-0.25, -0.2) is 0 Å². The highest BCUT2D eigenvalue weighted by molar-refractivity contribution is 5.36. The van der Waals surface area contributed by atoms with E-state index in [9.17, 15) is 4.79 Å². The van der Waals surface area contributed by atoms with E-state index in [1.165, 1.54) is 6.07 Å². The van der Waals surface area contributed by atoms with Gasteiger partial charge in [-0.1, -0.05) is 6.07 Å². The first-order chi connectivity index (χ1) is 4.88. The molecule has 0 aromatic carbocycles. The molecule has 2 heterocycles. The predicted molar refractivity (Wildman–Crippen MR) is 38.0 cm³/mol. The van der Waals surface area contributed by atoms with Crippen molar-refractivity contribution in [3.05, 3.63) is 40.9 Å². The maximum atomic E-state index is 11.0. The Balaban J connectivity index is 3.09. The summed E-state index contributed by atoms with van der Waals surface area (Å²) in [6.07, 6.45) is 3.44. The van der Waals surface area contributed by atoms with Crippen LogP contribution in [0.15, 0.2) is 35.4 Å². The smallest absolute Gasteiger partial charge is 0.256 e. The first-order valence-corrected chi connectivity index (χ1v) is 3.03. The Hall–Kier alpha value is -1.51. The van der Waals surface area contributed by atoms with Crippen LogP contribution in [0, 0.1) is 0 Å². The lowest BCUT2D eigenvalue weighted by Crippen LogP contribution is -2.08. The van der Waals surface area contributed by atoms with Gasteiger partial charge in [0, 0.05) is 18.5 Å². The number of nitrogens with one attached hydrogen (secondary N) is 1. The van der Waals surface area contributed by atoms with Crippen molar-refractivity contribution in [1.29, 1.82) is 0 Å². The molecular weight excluding hydrogens is 128 g/mol. The number of rotatable bonds is 0. The number of H-pyrrole nitrogens is 1. The summed E-state index contributed by atoms with van der Waals surface area (Å²) in [6, 6.07) is 5.11. The summed E-state index contributed by atoms with van der Waals surface area (Å²) in [6.45, 7) is 0. The third-order valence-electron chi connectivity index (χ3n) is 1.44. The second-order valence-electron chi connectivity index (χ2n) is 2.08. The molecule has 2 aromatic rings. The van der Waals surface area contributed by atoms with Gasteiger partial charge >= 0.3 is 0 Å². The average molecular weight is 134 g/mol. The topological polar surface area (TPSA) is 37.3 Å². The highest BCUT2D eigenvalue weighted by Gasteiger charge is 1.90. The van der Waals surface area contributed by atoms with Crippen LogP contribution in [0.2, 0.25) is 0 Å².